The first-order chi connectivity index (χ1) is 10.9. The maximum Gasteiger partial charge on any atom is 0.251 e. The molecule has 1 aliphatic rings. The van der Waals surface area contributed by atoms with E-state index in [-0.39, 0.29) is 16.8 Å². The zero-order valence-corrected chi connectivity index (χ0v) is 14.7. The van der Waals surface area contributed by atoms with Crippen LogP contribution in [-0.4, -0.2) is 26.9 Å². The second kappa shape index (κ2) is 7.93. The van der Waals surface area contributed by atoms with Gasteiger partial charge < -0.3 is 5.32 Å². The molecule has 1 aliphatic carbocycles. The number of carbonyl (C=O) groups excluding carboxylic acids is 1. The minimum atomic E-state index is -3.50. The van der Waals surface area contributed by atoms with E-state index in [1.165, 1.54) is 12.1 Å². The maximum absolute atomic E-state index is 12.2. The molecule has 1 fully saturated rings. The van der Waals surface area contributed by atoms with Gasteiger partial charge in [0.25, 0.3) is 5.91 Å². The Morgan fingerprint density at radius 1 is 1.17 bits per heavy atom. The van der Waals surface area contributed by atoms with Gasteiger partial charge in [-0.25, -0.2) is 13.1 Å². The number of carbonyl (C=O) groups is 1. The number of benzene rings is 1. The standard InChI is InChI=1S/C17H26N2O3S/c1-13(2)11-12-18-23(21,22)16-9-7-14(8-10-16)17(20)19-15-5-3-4-6-15/h7-10,13,15,18H,3-6,11-12H2,1-2H3,(H,19,20). The molecule has 6 heteroatoms. The van der Waals surface area contributed by atoms with E-state index in [9.17, 15) is 13.2 Å². The van der Waals surface area contributed by atoms with Crippen molar-refractivity contribution in [3.8, 4) is 0 Å². The minimum Gasteiger partial charge on any atom is -0.349 e. The molecule has 2 N–H and O–H groups in total. The highest BCUT2D eigenvalue weighted by Gasteiger charge is 2.19. The van der Waals surface area contributed by atoms with Gasteiger partial charge in [0.05, 0.1) is 4.90 Å². The summed E-state index contributed by atoms with van der Waals surface area (Å²) in [4.78, 5) is 12.3. The van der Waals surface area contributed by atoms with Crippen LogP contribution in [0.4, 0.5) is 0 Å². The monoisotopic (exact) mass is 338 g/mol. The molecular weight excluding hydrogens is 312 g/mol. The molecule has 0 aromatic heterocycles. The first-order valence-electron chi connectivity index (χ1n) is 8.29. The lowest BCUT2D eigenvalue weighted by atomic mass is 10.1. The Labute approximate surface area is 138 Å². The van der Waals surface area contributed by atoms with E-state index in [0.717, 1.165) is 32.1 Å². The molecule has 0 heterocycles. The van der Waals surface area contributed by atoms with Crippen LogP contribution in [0.15, 0.2) is 29.2 Å². The van der Waals surface area contributed by atoms with Crippen LogP contribution in [0.3, 0.4) is 0 Å². The van der Waals surface area contributed by atoms with Crippen LogP contribution >= 0.6 is 0 Å². The van der Waals surface area contributed by atoms with Gasteiger partial charge in [0.1, 0.15) is 0 Å². The van der Waals surface area contributed by atoms with Crippen molar-refractivity contribution in [3.63, 3.8) is 0 Å². The highest BCUT2D eigenvalue weighted by molar-refractivity contribution is 7.89. The van der Waals surface area contributed by atoms with Gasteiger partial charge in [0.15, 0.2) is 0 Å². The van der Waals surface area contributed by atoms with Gasteiger partial charge in [-0.2, -0.15) is 0 Å². The summed E-state index contributed by atoms with van der Waals surface area (Å²) in [6.45, 7) is 4.52. The summed E-state index contributed by atoms with van der Waals surface area (Å²) in [5, 5.41) is 3.00. The lowest BCUT2D eigenvalue weighted by Gasteiger charge is -2.12. The van der Waals surface area contributed by atoms with E-state index in [4.69, 9.17) is 0 Å². The molecule has 0 saturated heterocycles. The zero-order chi connectivity index (χ0) is 16.9. The molecule has 2 rings (SSSR count). The van der Waals surface area contributed by atoms with Gasteiger partial charge in [-0.05, 0) is 49.4 Å². The molecule has 0 spiro atoms. The quantitative estimate of drug-likeness (QED) is 0.802. The molecule has 5 nitrogen and oxygen atoms in total. The van der Waals surface area contributed by atoms with Crippen LogP contribution in [0.2, 0.25) is 0 Å². The number of hydrogen-bond acceptors (Lipinski definition) is 3. The van der Waals surface area contributed by atoms with Gasteiger partial charge in [-0.1, -0.05) is 26.7 Å². The highest BCUT2D eigenvalue weighted by atomic mass is 32.2. The van der Waals surface area contributed by atoms with Crippen LogP contribution in [0, 0.1) is 5.92 Å². The summed E-state index contributed by atoms with van der Waals surface area (Å²) in [5.74, 6) is 0.313. The minimum absolute atomic E-state index is 0.131. The summed E-state index contributed by atoms with van der Waals surface area (Å²) >= 11 is 0. The Balaban J connectivity index is 1.96. The maximum atomic E-state index is 12.2. The van der Waals surface area contributed by atoms with E-state index < -0.39 is 10.0 Å². The molecule has 1 saturated carbocycles. The number of sulfonamides is 1. The number of hydrogen-bond donors (Lipinski definition) is 2. The first kappa shape index (κ1) is 17.9. The van der Waals surface area contributed by atoms with Crippen molar-refractivity contribution in [2.45, 2.75) is 56.9 Å². The van der Waals surface area contributed by atoms with Crippen LogP contribution in [-0.2, 0) is 10.0 Å². The Bertz CT molecular complexity index is 618. The molecule has 0 aliphatic heterocycles. The zero-order valence-electron chi connectivity index (χ0n) is 13.8. The fraction of sp³-hybridized carbons (Fsp3) is 0.588. The molecule has 128 valence electrons. The molecule has 1 aromatic carbocycles. The SMILES string of the molecule is CC(C)CCNS(=O)(=O)c1ccc(C(=O)NC2CCCC2)cc1. The summed E-state index contributed by atoms with van der Waals surface area (Å²) in [7, 11) is -3.50. The third-order valence-electron chi connectivity index (χ3n) is 4.13. The predicted molar refractivity (Wildman–Crippen MR) is 90.8 cm³/mol. The van der Waals surface area contributed by atoms with Gasteiger partial charge in [0, 0.05) is 18.2 Å². The number of nitrogens with one attached hydrogen (secondary N) is 2. The molecule has 0 bridgehead atoms. The van der Waals surface area contributed by atoms with Crippen molar-refractivity contribution in [3.05, 3.63) is 29.8 Å². The van der Waals surface area contributed by atoms with Gasteiger partial charge in [0.2, 0.25) is 10.0 Å². The molecule has 1 aromatic rings. The van der Waals surface area contributed by atoms with Gasteiger partial charge in [-0.15, -0.1) is 0 Å². The van der Waals surface area contributed by atoms with Crippen molar-refractivity contribution >= 4 is 15.9 Å². The summed E-state index contributed by atoms with van der Waals surface area (Å²) in [6.07, 6.45) is 5.16. The first-order valence-corrected chi connectivity index (χ1v) is 9.77. The molecule has 0 atom stereocenters. The van der Waals surface area contributed by atoms with Crippen molar-refractivity contribution in [1.82, 2.24) is 10.0 Å². The Hall–Kier alpha value is -1.40. The van der Waals surface area contributed by atoms with E-state index in [2.05, 4.69) is 10.0 Å². The average Bonchev–Trinajstić information content (AvgIpc) is 2.99. The third-order valence-corrected chi connectivity index (χ3v) is 5.61. The van der Waals surface area contributed by atoms with E-state index >= 15 is 0 Å². The van der Waals surface area contributed by atoms with E-state index in [1.54, 1.807) is 12.1 Å². The van der Waals surface area contributed by atoms with Crippen LogP contribution in [0.25, 0.3) is 0 Å². The van der Waals surface area contributed by atoms with Gasteiger partial charge >= 0.3 is 0 Å². The second-order valence-corrected chi connectivity index (χ2v) is 8.33. The van der Waals surface area contributed by atoms with Crippen LogP contribution in [0.5, 0.6) is 0 Å². The van der Waals surface area contributed by atoms with Crippen molar-refractivity contribution in [2.24, 2.45) is 5.92 Å². The largest absolute Gasteiger partial charge is 0.349 e. The van der Waals surface area contributed by atoms with E-state index in [1.807, 2.05) is 13.8 Å². The topological polar surface area (TPSA) is 75.3 Å². The van der Waals surface area contributed by atoms with Crippen molar-refractivity contribution in [2.75, 3.05) is 6.54 Å². The molecule has 0 radical (unpaired) electrons. The lowest BCUT2D eigenvalue weighted by Crippen LogP contribution is -2.32. The molecule has 23 heavy (non-hydrogen) atoms. The van der Waals surface area contributed by atoms with Crippen molar-refractivity contribution < 1.29 is 13.2 Å². The Morgan fingerprint density at radius 2 is 1.78 bits per heavy atom. The van der Waals surface area contributed by atoms with Crippen LogP contribution < -0.4 is 10.0 Å². The molecule has 1 amide bonds. The highest BCUT2D eigenvalue weighted by Crippen LogP contribution is 2.18. The number of amides is 1. The smallest absolute Gasteiger partial charge is 0.251 e. The van der Waals surface area contributed by atoms with Crippen LogP contribution in [0.1, 0.15) is 56.3 Å². The van der Waals surface area contributed by atoms with E-state index in [0.29, 0.717) is 18.0 Å². The third kappa shape index (κ3) is 5.32. The Kier molecular flexibility index (Phi) is 6.18. The average molecular weight is 338 g/mol. The normalized spacial score (nSPS) is 16.0. The number of rotatable bonds is 7. The summed E-state index contributed by atoms with van der Waals surface area (Å²) in [5.41, 5.74) is 0.498. The lowest BCUT2D eigenvalue weighted by molar-refractivity contribution is 0.0938. The predicted octanol–water partition coefficient (Wildman–Crippen LogP) is 2.68. The molecule has 0 unspecified atom stereocenters. The summed E-state index contributed by atoms with van der Waals surface area (Å²) < 4.78 is 26.9. The second-order valence-electron chi connectivity index (χ2n) is 6.56. The van der Waals surface area contributed by atoms with Gasteiger partial charge in [-0.3, -0.25) is 4.79 Å². The Morgan fingerprint density at radius 3 is 2.35 bits per heavy atom. The summed E-state index contributed by atoms with van der Waals surface area (Å²) in [6, 6.07) is 6.37. The van der Waals surface area contributed by atoms with Crippen molar-refractivity contribution in [1.29, 1.82) is 0 Å². The fourth-order valence-corrected chi connectivity index (χ4v) is 3.74. The molecular formula is C17H26N2O3S. The fourth-order valence-electron chi connectivity index (χ4n) is 2.69.